The molecule has 1 saturated heterocycles. The molecule has 2 atom stereocenters. The van der Waals surface area contributed by atoms with Crippen LogP contribution in [-0.4, -0.2) is 65.8 Å². The predicted molar refractivity (Wildman–Crippen MR) is 57.2 cm³/mol. The van der Waals surface area contributed by atoms with Crippen LogP contribution >= 0.6 is 0 Å². The van der Waals surface area contributed by atoms with E-state index in [1.807, 2.05) is 6.92 Å². The molecular weight excluding hydrogens is 212 g/mol. The number of hydrogen-bond acceptors (Lipinski definition) is 3. The smallest absolute Gasteiger partial charge is 0.326 e. The van der Waals surface area contributed by atoms with Crippen molar-refractivity contribution in [3.05, 3.63) is 0 Å². The summed E-state index contributed by atoms with van der Waals surface area (Å²) >= 11 is 0. The van der Waals surface area contributed by atoms with E-state index in [4.69, 9.17) is 9.84 Å². The summed E-state index contributed by atoms with van der Waals surface area (Å²) in [5.41, 5.74) is 0. The molecule has 2 unspecified atom stereocenters. The van der Waals surface area contributed by atoms with Gasteiger partial charge in [-0.1, -0.05) is 0 Å². The van der Waals surface area contributed by atoms with Crippen molar-refractivity contribution >= 4 is 12.0 Å². The Bertz CT molecular complexity index is 282. The highest BCUT2D eigenvalue weighted by Gasteiger charge is 2.28. The van der Waals surface area contributed by atoms with E-state index in [0.717, 1.165) is 0 Å². The number of nitrogens with zero attached hydrogens (tertiary/aromatic N) is 2. The lowest BCUT2D eigenvalue weighted by Crippen LogP contribution is -2.52. The van der Waals surface area contributed by atoms with Crippen molar-refractivity contribution in [3.8, 4) is 0 Å². The summed E-state index contributed by atoms with van der Waals surface area (Å²) in [5.74, 6) is -1.00. The summed E-state index contributed by atoms with van der Waals surface area (Å²) in [5, 5.41) is 8.81. The molecule has 1 N–H and O–H groups in total. The van der Waals surface area contributed by atoms with Gasteiger partial charge in [-0.15, -0.1) is 0 Å². The van der Waals surface area contributed by atoms with Gasteiger partial charge in [0.05, 0.1) is 12.7 Å². The fourth-order valence-corrected chi connectivity index (χ4v) is 1.55. The highest BCUT2D eigenvalue weighted by molar-refractivity contribution is 5.82. The van der Waals surface area contributed by atoms with Crippen LogP contribution in [0.3, 0.4) is 0 Å². The lowest BCUT2D eigenvalue weighted by atomic mass is 10.3. The maximum atomic E-state index is 11.9. The Labute approximate surface area is 94.8 Å². The number of carbonyl (C=O) groups is 2. The molecule has 0 spiro atoms. The van der Waals surface area contributed by atoms with Crippen molar-refractivity contribution in [1.29, 1.82) is 0 Å². The second kappa shape index (κ2) is 5.16. The minimum Gasteiger partial charge on any atom is -0.480 e. The second-order valence-electron chi connectivity index (χ2n) is 4.04. The van der Waals surface area contributed by atoms with Gasteiger partial charge in [-0.3, -0.25) is 0 Å². The molecule has 6 nitrogen and oxygen atoms in total. The SMILES string of the molecule is CC1CN(C(=O)N(C)C(C)C(=O)O)CCO1. The number of aliphatic carboxylic acids is 1. The molecular formula is C10H18N2O4. The fraction of sp³-hybridized carbons (Fsp3) is 0.800. The molecule has 1 fully saturated rings. The van der Waals surface area contributed by atoms with Gasteiger partial charge >= 0.3 is 12.0 Å². The molecule has 1 rings (SSSR count). The summed E-state index contributed by atoms with van der Waals surface area (Å²) < 4.78 is 5.32. The third kappa shape index (κ3) is 2.85. The zero-order valence-electron chi connectivity index (χ0n) is 9.84. The number of urea groups is 1. The average molecular weight is 230 g/mol. The number of morpholine rings is 1. The number of ether oxygens (including phenoxy) is 1. The standard InChI is InChI=1S/C10H18N2O4/c1-7-6-12(4-5-16-7)10(15)11(3)8(2)9(13)14/h7-8H,4-6H2,1-3H3,(H,13,14). The largest absolute Gasteiger partial charge is 0.480 e. The van der Waals surface area contributed by atoms with Gasteiger partial charge in [0, 0.05) is 20.1 Å². The third-order valence-corrected chi connectivity index (χ3v) is 2.75. The zero-order chi connectivity index (χ0) is 12.3. The maximum Gasteiger partial charge on any atom is 0.326 e. The van der Waals surface area contributed by atoms with Crippen molar-refractivity contribution < 1.29 is 19.4 Å². The van der Waals surface area contributed by atoms with Gasteiger partial charge in [-0.05, 0) is 13.8 Å². The van der Waals surface area contributed by atoms with Gasteiger partial charge in [0.15, 0.2) is 0 Å². The van der Waals surface area contributed by atoms with Crippen molar-refractivity contribution in [1.82, 2.24) is 9.80 Å². The lowest BCUT2D eigenvalue weighted by Gasteiger charge is -2.35. The monoisotopic (exact) mass is 230 g/mol. The Balaban J connectivity index is 2.59. The first-order valence-electron chi connectivity index (χ1n) is 5.29. The normalized spacial score (nSPS) is 22.7. The van der Waals surface area contributed by atoms with Crippen LogP contribution < -0.4 is 0 Å². The van der Waals surface area contributed by atoms with E-state index in [9.17, 15) is 9.59 Å². The minimum absolute atomic E-state index is 0.00577. The molecule has 0 saturated carbocycles. The van der Waals surface area contributed by atoms with Crippen LogP contribution in [0.4, 0.5) is 4.79 Å². The number of rotatable bonds is 2. The quantitative estimate of drug-likeness (QED) is 0.737. The Hall–Kier alpha value is -1.30. The van der Waals surface area contributed by atoms with E-state index < -0.39 is 12.0 Å². The molecule has 0 aliphatic carbocycles. The molecule has 0 aromatic rings. The van der Waals surface area contributed by atoms with Crippen molar-refractivity contribution in [3.63, 3.8) is 0 Å². The Kier molecular flexibility index (Phi) is 4.12. The van der Waals surface area contributed by atoms with Crippen molar-refractivity contribution in [2.75, 3.05) is 26.7 Å². The summed E-state index contributed by atoms with van der Waals surface area (Å²) in [6, 6.07) is -1.07. The van der Waals surface area contributed by atoms with Crippen LogP contribution in [-0.2, 0) is 9.53 Å². The topological polar surface area (TPSA) is 70.1 Å². The highest BCUT2D eigenvalue weighted by Crippen LogP contribution is 2.09. The Morgan fingerprint density at radius 3 is 2.69 bits per heavy atom. The molecule has 6 heteroatoms. The number of carboxylic acid groups (broad SMARTS) is 1. The third-order valence-electron chi connectivity index (χ3n) is 2.75. The second-order valence-corrected chi connectivity index (χ2v) is 4.04. The Morgan fingerprint density at radius 2 is 2.19 bits per heavy atom. The summed E-state index contributed by atoms with van der Waals surface area (Å²) in [6.45, 7) is 4.90. The van der Waals surface area contributed by atoms with E-state index in [1.54, 1.807) is 4.90 Å². The number of hydrogen-bond donors (Lipinski definition) is 1. The highest BCUT2D eigenvalue weighted by atomic mass is 16.5. The Morgan fingerprint density at radius 1 is 1.56 bits per heavy atom. The van der Waals surface area contributed by atoms with Gasteiger partial charge in [-0.2, -0.15) is 0 Å². The average Bonchev–Trinajstić information content (AvgIpc) is 2.26. The van der Waals surface area contributed by atoms with Crippen LogP contribution in [0.5, 0.6) is 0 Å². The van der Waals surface area contributed by atoms with E-state index in [2.05, 4.69) is 0 Å². The van der Waals surface area contributed by atoms with E-state index >= 15 is 0 Å². The molecule has 2 amide bonds. The van der Waals surface area contributed by atoms with Crippen LogP contribution in [0.2, 0.25) is 0 Å². The van der Waals surface area contributed by atoms with Crippen molar-refractivity contribution in [2.45, 2.75) is 26.0 Å². The van der Waals surface area contributed by atoms with Crippen LogP contribution in [0.25, 0.3) is 0 Å². The molecule has 92 valence electrons. The summed E-state index contributed by atoms with van der Waals surface area (Å²) in [4.78, 5) is 25.5. The molecule has 0 bridgehead atoms. The van der Waals surface area contributed by atoms with Crippen LogP contribution in [0.1, 0.15) is 13.8 Å². The summed E-state index contributed by atoms with van der Waals surface area (Å²) in [6.07, 6.45) is 0.00577. The lowest BCUT2D eigenvalue weighted by molar-refractivity contribution is -0.141. The molecule has 1 aliphatic rings. The number of carbonyl (C=O) groups excluding carboxylic acids is 1. The van der Waals surface area contributed by atoms with E-state index in [0.29, 0.717) is 19.7 Å². The zero-order valence-corrected chi connectivity index (χ0v) is 9.84. The predicted octanol–water partition coefficient (Wildman–Crippen LogP) is 0.232. The summed E-state index contributed by atoms with van der Waals surface area (Å²) in [7, 11) is 1.50. The first kappa shape index (κ1) is 12.8. The molecule has 1 heterocycles. The molecule has 1 aliphatic heterocycles. The number of amides is 2. The van der Waals surface area contributed by atoms with Gasteiger partial charge < -0.3 is 19.6 Å². The molecule has 0 radical (unpaired) electrons. The van der Waals surface area contributed by atoms with Gasteiger partial charge in [0.2, 0.25) is 0 Å². The minimum atomic E-state index is -1.00. The van der Waals surface area contributed by atoms with E-state index in [-0.39, 0.29) is 12.1 Å². The first-order valence-corrected chi connectivity index (χ1v) is 5.29. The first-order chi connectivity index (χ1) is 7.43. The molecule has 0 aromatic heterocycles. The van der Waals surface area contributed by atoms with Crippen LogP contribution in [0, 0.1) is 0 Å². The van der Waals surface area contributed by atoms with Gasteiger partial charge in [0.25, 0.3) is 0 Å². The maximum absolute atomic E-state index is 11.9. The number of likely N-dealkylation sites (N-methyl/N-ethyl adjacent to an activating group) is 1. The molecule has 0 aromatic carbocycles. The van der Waals surface area contributed by atoms with Crippen LogP contribution in [0.15, 0.2) is 0 Å². The van der Waals surface area contributed by atoms with Gasteiger partial charge in [0.1, 0.15) is 6.04 Å². The fourth-order valence-electron chi connectivity index (χ4n) is 1.55. The molecule has 16 heavy (non-hydrogen) atoms. The van der Waals surface area contributed by atoms with Crippen molar-refractivity contribution in [2.24, 2.45) is 0 Å². The number of carboxylic acids is 1. The van der Waals surface area contributed by atoms with Gasteiger partial charge in [-0.25, -0.2) is 9.59 Å². The van der Waals surface area contributed by atoms with E-state index in [1.165, 1.54) is 18.9 Å².